The first-order chi connectivity index (χ1) is 10.0. The van der Waals surface area contributed by atoms with E-state index in [0.29, 0.717) is 17.6 Å². The van der Waals surface area contributed by atoms with Crippen molar-refractivity contribution in [3.05, 3.63) is 28.8 Å². The maximum Gasteiger partial charge on any atom is 0.118 e. The lowest BCUT2D eigenvalue weighted by Crippen LogP contribution is -2.44. The van der Waals surface area contributed by atoms with E-state index in [-0.39, 0.29) is 11.5 Å². The highest BCUT2D eigenvalue weighted by Gasteiger charge is 2.54. The summed E-state index contributed by atoms with van der Waals surface area (Å²) in [5.74, 6) is 2.52. The van der Waals surface area contributed by atoms with Gasteiger partial charge in [0.05, 0.1) is 6.10 Å². The monoisotopic (exact) mass is 286 g/mol. The van der Waals surface area contributed by atoms with Crippen molar-refractivity contribution in [2.75, 3.05) is 0 Å². The highest BCUT2D eigenvalue weighted by molar-refractivity contribution is 5.47. The van der Waals surface area contributed by atoms with Crippen LogP contribution in [0, 0.1) is 24.2 Å². The molecule has 1 aromatic carbocycles. The first-order valence-electron chi connectivity index (χ1n) is 8.52. The van der Waals surface area contributed by atoms with Crippen LogP contribution in [0.1, 0.15) is 61.6 Å². The van der Waals surface area contributed by atoms with E-state index in [1.54, 1.807) is 0 Å². The molecule has 3 aliphatic carbocycles. The van der Waals surface area contributed by atoms with Crippen LogP contribution in [0.2, 0.25) is 0 Å². The number of phenolic OH excluding ortho intramolecular Hbond substituents is 1. The third-order valence-electron chi connectivity index (χ3n) is 7.12. The molecule has 2 saturated carbocycles. The van der Waals surface area contributed by atoms with Gasteiger partial charge >= 0.3 is 0 Å². The Morgan fingerprint density at radius 2 is 1.95 bits per heavy atom. The van der Waals surface area contributed by atoms with Gasteiger partial charge in [-0.3, -0.25) is 0 Å². The van der Waals surface area contributed by atoms with Gasteiger partial charge in [-0.1, -0.05) is 13.0 Å². The summed E-state index contributed by atoms with van der Waals surface area (Å²) in [5.41, 5.74) is 4.14. The van der Waals surface area contributed by atoms with Crippen LogP contribution in [0.4, 0.5) is 0 Å². The molecule has 0 bridgehead atoms. The molecule has 0 aliphatic heterocycles. The molecule has 0 radical (unpaired) electrons. The third kappa shape index (κ3) is 1.75. The fourth-order valence-electron chi connectivity index (χ4n) is 5.80. The predicted octanol–water partition coefficient (Wildman–Crippen LogP) is 3.92. The van der Waals surface area contributed by atoms with Gasteiger partial charge in [-0.05, 0) is 91.4 Å². The molecule has 0 heterocycles. The summed E-state index contributed by atoms with van der Waals surface area (Å²) in [7, 11) is 0. The van der Waals surface area contributed by atoms with Crippen LogP contribution in [0.15, 0.2) is 12.1 Å². The normalized spacial score (nSPS) is 41.3. The smallest absolute Gasteiger partial charge is 0.118 e. The van der Waals surface area contributed by atoms with E-state index in [1.807, 2.05) is 6.07 Å². The highest BCUT2D eigenvalue weighted by Crippen LogP contribution is 2.61. The van der Waals surface area contributed by atoms with Crippen molar-refractivity contribution in [2.45, 2.75) is 64.4 Å². The zero-order valence-corrected chi connectivity index (χ0v) is 13.1. The maximum atomic E-state index is 10.4. The van der Waals surface area contributed by atoms with Crippen LogP contribution in [0.5, 0.6) is 5.75 Å². The zero-order valence-electron chi connectivity index (χ0n) is 13.1. The van der Waals surface area contributed by atoms with Crippen LogP contribution in [0.3, 0.4) is 0 Å². The number of hydrogen-bond donors (Lipinski definition) is 2. The second-order valence-electron chi connectivity index (χ2n) is 7.83. The Morgan fingerprint density at radius 1 is 1.14 bits per heavy atom. The Labute approximate surface area is 127 Å². The summed E-state index contributed by atoms with van der Waals surface area (Å²) >= 11 is 0. The van der Waals surface area contributed by atoms with Gasteiger partial charge in [0.2, 0.25) is 0 Å². The Bertz CT molecular complexity index is 579. The molecule has 0 unspecified atom stereocenters. The SMILES string of the molecule is Cc1c(O)ccc2c1CC[C@@H]1[C@@H]2CC[C@]2(C)[C@@H](O)CC[C@@H]12. The minimum absolute atomic E-state index is 0.0913. The predicted molar refractivity (Wildman–Crippen MR) is 83.5 cm³/mol. The van der Waals surface area contributed by atoms with E-state index in [4.69, 9.17) is 0 Å². The van der Waals surface area contributed by atoms with Crippen molar-refractivity contribution < 1.29 is 10.2 Å². The summed E-state index contributed by atoms with van der Waals surface area (Å²) in [6.45, 7) is 4.38. The Balaban J connectivity index is 1.74. The van der Waals surface area contributed by atoms with Gasteiger partial charge in [0.25, 0.3) is 0 Å². The number of aliphatic hydroxyl groups excluding tert-OH is 1. The summed E-state index contributed by atoms with van der Waals surface area (Å²) in [6.07, 6.45) is 6.78. The average Bonchev–Trinajstić information content (AvgIpc) is 2.78. The van der Waals surface area contributed by atoms with Crippen molar-refractivity contribution in [1.82, 2.24) is 0 Å². The molecule has 0 saturated heterocycles. The molecule has 4 rings (SSSR count). The van der Waals surface area contributed by atoms with Gasteiger partial charge in [0.15, 0.2) is 0 Å². The number of hydrogen-bond acceptors (Lipinski definition) is 2. The van der Waals surface area contributed by atoms with Crippen molar-refractivity contribution in [3.63, 3.8) is 0 Å². The third-order valence-corrected chi connectivity index (χ3v) is 7.12. The average molecular weight is 286 g/mol. The molecular formula is C19H26O2. The minimum atomic E-state index is -0.0913. The van der Waals surface area contributed by atoms with E-state index in [1.165, 1.54) is 30.4 Å². The number of fused-ring (bicyclic) bond motifs is 5. The molecule has 3 aliphatic rings. The first kappa shape index (κ1) is 13.6. The Morgan fingerprint density at radius 3 is 2.76 bits per heavy atom. The van der Waals surface area contributed by atoms with E-state index < -0.39 is 0 Å². The summed E-state index contributed by atoms with van der Waals surface area (Å²) in [5, 5.41) is 20.4. The maximum absolute atomic E-state index is 10.4. The number of aromatic hydroxyl groups is 1. The van der Waals surface area contributed by atoms with E-state index >= 15 is 0 Å². The van der Waals surface area contributed by atoms with Gasteiger partial charge in [-0.25, -0.2) is 0 Å². The second-order valence-corrected chi connectivity index (χ2v) is 7.83. The molecule has 0 aromatic heterocycles. The van der Waals surface area contributed by atoms with Gasteiger partial charge in [-0.2, -0.15) is 0 Å². The summed E-state index contributed by atoms with van der Waals surface area (Å²) in [6, 6.07) is 4.05. The fourth-order valence-corrected chi connectivity index (χ4v) is 5.80. The molecule has 0 spiro atoms. The fraction of sp³-hybridized carbons (Fsp3) is 0.684. The number of benzene rings is 1. The standard InChI is InChI=1S/C19H26O2/c1-11-12-3-4-15-14(13(12)5-7-17(11)20)9-10-19(2)16(15)6-8-18(19)21/h5,7,14-16,18,20-21H,3-4,6,8-10H2,1-2H3/t14-,15-,16+,18+,19+/m1/s1. The quantitative estimate of drug-likeness (QED) is 0.759. The summed E-state index contributed by atoms with van der Waals surface area (Å²) in [4.78, 5) is 0. The molecule has 2 heteroatoms. The Kier molecular flexibility index (Phi) is 2.91. The first-order valence-corrected chi connectivity index (χ1v) is 8.52. The van der Waals surface area contributed by atoms with Crippen molar-refractivity contribution in [2.24, 2.45) is 17.3 Å². The molecule has 21 heavy (non-hydrogen) atoms. The number of phenols is 1. The molecule has 1 aromatic rings. The zero-order chi connectivity index (χ0) is 14.8. The van der Waals surface area contributed by atoms with Crippen molar-refractivity contribution in [1.29, 1.82) is 0 Å². The lowest BCUT2D eigenvalue weighted by Gasteiger charge is -2.50. The van der Waals surface area contributed by atoms with Gasteiger partial charge < -0.3 is 10.2 Å². The molecule has 2 fully saturated rings. The van der Waals surface area contributed by atoms with Gasteiger partial charge in [0, 0.05) is 0 Å². The molecule has 114 valence electrons. The summed E-state index contributed by atoms with van der Waals surface area (Å²) < 4.78 is 0. The van der Waals surface area contributed by atoms with E-state index in [2.05, 4.69) is 19.9 Å². The molecule has 2 N–H and O–H groups in total. The van der Waals surface area contributed by atoms with E-state index in [9.17, 15) is 10.2 Å². The molecule has 2 nitrogen and oxygen atoms in total. The lowest BCUT2D eigenvalue weighted by molar-refractivity contribution is -0.0226. The topological polar surface area (TPSA) is 40.5 Å². The van der Waals surface area contributed by atoms with Crippen molar-refractivity contribution >= 4 is 0 Å². The van der Waals surface area contributed by atoms with Crippen LogP contribution in [-0.2, 0) is 6.42 Å². The Hall–Kier alpha value is -1.02. The van der Waals surface area contributed by atoms with E-state index in [0.717, 1.165) is 30.7 Å². The van der Waals surface area contributed by atoms with Crippen LogP contribution >= 0.6 is 0 Å². The second kappa shape index (κ2) is 4.49. The highest BCUT2D eigenvalue weighted by atomic mass is 16.3. The molecular weight excluding hydrogens is 260 g/mol. The number of aliphatic hydroxyl groups is 1. The lowest BCUT2D eigenvalue weighted by atomic mass is 9.55. The van der Waals surface area contributed by atoms with Gasteiger partial charge in [0.1, 0.15) is 5.75 Å². The molecule has 0 amide bonds. The largest absolute Gasteiger partial charge is 0.508 e. The minimum Gasteiger partial charge on any atom is -0.508 e. The van der Waals surface area contributed by atoms with Crippen LogP contribution in [-0.4, -0.2) is 16.3 Å². The van der Waals surface area contributed by atoms with Gasteiger partial charge in [-0.15, -0.1) is 0 Å². The molecule has 5 atom stereocenters. The van der Waals surface area contributed by atoms with Crippen molar-refractivity contribution in [3.8, 4) is 5.75 Å². The van der Waals surface area contributed by atoms with Crippen LogP contribution < -0.4 is 0 Å². The number of rotatable bonds is 0. The van der Waals surface area contributed by atoms with Crippen LogP contribution in [0.25, 0.3) is 0 Å².